The first-order valence-electron chi connectivity index (χ1n) is 9.87. The highest BCUT2D eigenvalue weighted by atomic mass is 35.5. The van der Waals surface area contributed by atoms with Crippen LogP contribution >= 0.6 is 11.6 Å². The number of hydrogen-bond donors (Lipinski definition) is 1. The van der Waals surface area contributed by atoms with Crippen LogP contribution in [0.1, 0.15) is 22.5 Å². The lowest BCUT2D eigenvalue weighted by molar-refractivity contribution is -0.119. The molecule has 3 rings (SSSR count). The van der Waals surface area contributed by atoms with Crippen molar-refractivity contribution in [3.05, 3.63) is 82.1 Å². The summed E-state index contributed by atoms with van der Waals surface area (Å²) in [5.74, 6) is -0.561. The zero-order valence-electron chi connectivity index (χ0n) is 18.3. The maximum atomic E-state index is 12.4. The molecule has 0 saturated carbocycles. The zero-order chi connectivity index (χ0) is 23.5. The van der Waals surface area contributed by atoms with Gasteiger partial charge in [0.1, 0.15) is 6.54 Å². The Morgan fingerprint density at radius 3 is 2.44 bits per heavy atom. The fourth-order valence-electron chi connectivity index (χ4n) is 3.43. The molecule has 1 N–H and O–H groups in total. The highest BCUT2D eigenvalue weighted by molar-refractivity contribution is 7.92. The molecule has 0 atom stereocenters. The van der Waals surface area contributed by atoms with E-state index in [4.69, 9.17) is 11.6 Å². The minimum Gasteiger partial charge on any atom is -0.318 e. The summed E-state index contributed by atoms with van der Waals surface area (Å²) in [4.78, 5) is 12.4. The molecular formula is C23H25ClN4O3S. The predicted octanol–water partition coefficient (Wildman–Crippen LogP) is 3.97. The van der Waals surface area contributed by atoms with Gasteiger partial charge in [0.25, 0.3) is 5.91 Å². The first-order chi connectivity index (χ1) is 15.1. The van der Waals surface area contributed by atoms with Gasteiger partial charge in [0, 0.05) is 27.7 Å². The molecule has 3 aromatic rings. The van der Waals surface area contributed by atoms with E-state index in [0.29, 0.717) is 10.7 Å². The van der Waals surface area contributed by atoms with Crippen LogP contribution in [0.15, 0.2) is 59.7 Å². The molecule has 2 aromatic carbocycles. The summed E-state index contributed by atoms with van der Waals surface area (Å²) in [6.07, 6.45) is 2.60. The molecule has 0 saturated heterocycles. The molecule has 0 aliphatic carbocycles. The van der Waals surface area contributed by atoms with Gasteiger partial charge in [-0.3, -0.25) is 9.10 Å². The van der Waals surface area contributed by atoms with Crippen LogP contribution in [0.4, 0.5) is 5.69 Å². The van der Waals surface area contributed by atoms with Gasteiger partial charge < -0.3 is 4.57 Å². The van der Waals surface area contributed by atoms with Crippen LogP contribution in [-0.2, 0) is 14.8 Å². The first kappa shape index (κ1) is 23.6. The number of hydrogen-bond acceptors (Lipinski definition) is 4. The Morgan fingerprint density at radius 1 is 1.12 bits per heavy atom. The molecule has 0 spiro atoms. The van der Waals surface area contributed by atoms with Gasteiger partial charge >= 0.3 is 0 Å². The monoisotopic (exact) mass is 472 g/mol. The van der Waals surface area contributed by atoms with E-state index in [1.54, 1.807) is 30.5 Å². The number of aromatic nitrogens is 1. The summed E-state index contributed by atoms with van der Waals surface area (Å²) in [5.41, 5.74) is 7.83. The highest BCUT2D eigenvalue weighted by Crippen LogP contribution is 2.21. The molecule has 0 aliphatic rings. The normalized spacial score (nSPS) is 11.7. The van der Waals surface area contributed by atoms with E-state index in [0.717, 1.165) is 38.8 Å². The third-order valence-corrected chi connectivity index (χ3v) is 6.32. The number of amides is 1. The van der Waals surface area contributed by atoms with Crippen LogP contribution in [0.5, 0.6) is 0 Å². The van der Waals surface area contributed by atoms with Crippen LogP contribution in [-0.4, -0.2) is 37.9 Å². The largest absolute Gasteiger partial charge is 0.318 e. The maximum Gasteiger partial charge on any atom is 0.260 e. The van der Waals surface area contributed by atoms with Gasteiger partial charge in [-0.25, -0.2) is 13.8 Å². The lowest BCUT2D eigenvalue weighted by atomic mass is 10.2. The number of nitrogens with one attached hydrogen (secondary N) is 1. The topological polar surface area (TPSA) is 83.8 Å². The van der Waals surface area contributed by atoms with Crippen molar-refractivity contribution >= 4 is 39.4 Å². The number of carbonyl (C=O) groups is 1. The highest BCUT2D eigenvalue weighted by Gasteiger charge is 2.20. The number of sulfonamides is 1. The lowest BCUT2D eigenvalue weighted by Gasteiger charge is -2.21. The van der Waals surface area contributed by atoms with Gasteiger partial charge in [-0.1, -0.05) is 23.7 Å². The van der Waals surface area contributed by atoms with Crippen LogP contribution < -0.4 is 9.73 Å². The second-order valence-corrected chi connectivity index (χ2v) is 9.88. The van der Waals surface area contributed by atoms with Crippen molar-refractivity contribution in [2.75, 3.05) is 17.1 Å². The summed E-state index contributed by atoms with van der Waals surface area (Å²) in [7, 11) is -3.67. The Labute approximate surface area is 193 Å². The van der Waals surface area contributed by atoms with Gasteiger partial charge in [-0.2, -0.15) is 5.10 Å². The molecule has 0 aliphatic heterocycles. The summed E-state index contributed by atoms with van der Waals surface area (Å²) < 4.78 is 27.4. The second kappa shape index (κ2) is 9.58. The van der Waals surface area contributed by atoms with Gasteiger partial charge in [-0.15, -0.1) is 0 Å². The molecule has 7 nitrogen and oxygen atoms in total. The van der Waals surface area contributed by atoms with Crippen LogP contribution in [0.25, 0.3) is 5.69 Å². The number of benzene rings is 2. The van der Waals surface area contributed by atoms with E-state index in [1.807, 2.05) is 45.0 Å². The molecule has 0 bridgehead atoms. The smallest absolute Gasteiger partial charge is 0.260 e. The SMILES string of the molecule is Cc1cccc(-n2c(C)cc(/C=N/NC(=O)CN(c3ccc(Cl)cc3)S(C)(=O)=O)c2C)c1. The van der Waals surface area contributed by atoms with E-state index in [9.17, 15) is 13.2 Å². The van der Waals surface area contributed by atoms with Crippen molar-refractivity contribution in [2.45, 2.75) is 20.8 Å². The van der Waals surface area contributed by atoms with Crippen molar-refractivity contribution in [1.29, 1.82) is 0 Å². The Kier molecular flexibility index (Phi) is 7.06. The van der Waals surface area contributed by atoms with Crippen molar-refractivity contribution in [2.24, 2.45) is 5.10 Å². The molecule has 1 amide bonds. The molecule has 168 valence electrons. The van der Waals surface area contributed by atoms with Crippen LogP contribution in [0.3, 0.4) is 0 Å². The van der Waals surface area contributed by atoms with Crippen LogP contribution in [0.2, 0.25) is 5.02 Å². The average Bonchev–Trinajstić information content (AvgIpc) is 2.99. The second-order valence-electron chi connectivity index (χ2n) is 7.54. The van der Waals surface area contributed by atoms with E-state index in [1.165, 1.54) is 0 Å². The third-order valence-electron chi connectivity index (χ3n) is 4.93. The molecule has 0 radical (unpaired) electrons. The van der Waals surface area contributed by atoms with Gasteiger partial charge in [0.05, 0.1) is 18.2 Å². The Balaban J connectivity index is 1.73. The number of halogens is 1. The zero-order valence-corrected chi connectivity index (χ0v) is 19.9. The molecule has 32 heavy (non-hydrogen) atoms. The summed E-state index contributed by atoms with van der Waals surface area (Å²) in [5, 5.41) is 4.50. The van der Waals surface area contributed by atoms with E-state index in [2.05, 4.69) is 21.2 Å². The fourth-order valence-corrected chi connectivity index (χ4v) is 4.41. The fraction of sp³-hybridized carbons (Fsp3) is 0.217. The van der Waals surface area contributed by atoms with Gasteiger partial charge in [0.2, 0.25) is 10.0 Å². The summed E-state index contributed by atoms with van der Waals surface area (Å²) in [6, 6.07) is 16.4. The number of hydrazone groups is 1. The van der Waals surface area contributed by atoms with Crippen LogP contribution in [0, 0.1) is 20.8 Å². The van der Waals surface area contributed by atoms with E-state index < -0.39 is 22.5 Å². The molecular weight excluding hydrogens is 448 g/mol. The number of rotatable bonds is 7. The average molecular weight is 473 g/mol. The Bertz CT molecular complexity index is 1260. The first-order valence-corrected chi connectivity index (χ1v) is 12.1. The molecule has 0 fully saturated rings. The molecule has 1 heterocycles. The Hall–Kier alpha value is -3.10. The van der Waals surface area contributed by atoms with Gasteiger partial charge in [0.15, 0.2) is 0 Å². The maximum absolute atomic E-state index is 12.4. The minimum absolute atomic E-state index is 0.345. The quantitative estimate of drug-likeness (QED) is 0.417. The standard InChI is InChI=1S/C23H25ClN4O3S/c1-16-6-5-7-22(12-16)28-17(2)13-19(18(28)3)14-25-26-23(29)15-27(32(4,30)31)21-10-8-20(24)9-11-21/h5-14H,15H2,1-4H3,(H,26,29)/b25-14+. The minimum atomic E-state index is -3.67. The number of aryl methyl sites for hydroxylation is 2. The lowest BCUT2D eigenvalue weighted by Crippen LogP contribution is -2.39. The molecule has 0 unspecified atom stereocenters. The van der Waals surface area contributed by atoms with E-state index >= 15 is 0 Å². The van der Waals surface area contributed by atoms with Crippen molar-refractivity contribution < 1.29 is 13.2 Å². The van der Waals surface area contributed by atoms with Crippen molar-refractivity contribution in [3.63, 3.8) is 0 Å². The number of anilines is 1. The van der Waals surface area contributed by atoms with E-state index in [-0.39, 0.29) is 0 Å². The summed E-state index contributed by atoms with van der Waals surface area (Å²) in [6.45, 7) is 5.62. The third kappa shape index (κ3) is 5.57. The molecule has 9 heteroatoms. The number of nitrogens with zero attached hydrogens (tertiary/aromatic N) is 3. The number of carbonyl (C=O) groups excluding carboxylic acids is 1. The Morgan fingerprint density at radius 2 is 1.81 bits per heavy atom. The van der Waals surface area contributed by atoms with Crippen molar-refractivity contribution in [3.8, 4) is 5.69 Å². The predicted molar refractivity (Wildman–Crippen MR) is 129 cm³/mol. The summed E-state index contributed by atoms with van der Waals surface area (Å²) >= 11 is 5.87. The van der Waals surface area contributed by atoms with Crippen molar-refractivity contribution in [1.82, 2.24) is 9.99 Å². The van der Waals surface area contributed by atoms with Gasteiger partial charge in [-0.05, 0) is 68.8 Å². The molecule has 1 aromatic heterocycles.